The minimum Gasteiger partial charge on any atom is -0.458 e. The fourth-order valence-electron chi connectivity index (χ4n) is 11.5. The van der Waals surface area contributed by atoms with Crippen LogP contribution < -0.4 is 0 Å². The topological polar surface area (TPSA) is 194 Å². The maximum Gasteiger partial charge on any atom is 0.331 e. The first-order chi connectivity index (χ1) is 23.2. The molecule has 6 fully saturated rings. The smallest absolute Gasteiger partial charge is 0.331 e. The van der Waals surface area contributed by atoms with E-state index in [9.17, 15) is 35.4 Å². The van der Waals surface area contributed by atoms with Crippen molar-refractivity contribution in [1.82, 2.24) is 0 Å². The Hall–Kier alpha value is -1.23. The van der Waals surface area contributed by atoms with Crippen molar-refractivity contribution in [3.05, 3.63) is 11.6 Å². The van der Waals surface area contributed by atoms with E-state index < -0.39 is 73.1 Å². The molecule has 0 amide bonds. The minimum atomic E-state index is -1.56. The van der Waals surface area contributed by atoms with Crippen LogP contribution in [0.15, 0.2) is 11.6 Å². The molecule has 15 unspecified atom stereocenters. The number of cyclic esters (lactones) is 1. The molecule has 13 heteroatoms. The molecule has 2 saturated heterocycles. The van der Waals surface area contributed by atoms with Gasteiger partial charge in [-0.1, -0.05) is 13.8 Å². The van der Waals surface area contributed by atoms with Gasteiger partial charge < -0.3 is 59.1 Å². The van der Waals surface area contributed by atoms with Gasteiger partial charge in [-0.2, -0.15) is 0 Å². The first-order valence-electron chi connectivity index (χ1n) is 18.3. The van der Waals surface area contributed by atoms with Crippen LogP contribution in [-0.2, 0) is 33.2 Å². The molecular weight excluding hydrogens is 640 g/mol. The molecule has 0 aromatic rings. The lowest BCUT2D eigenvalue weighted by Crippen LogP contribution is -2.67. The average molecular weight is 697 g/mol. The standard InChI is InChI=1S/C36H56O13/c1-18-31(49-32-30(41)29(40)28(39)25(16-37)48-32)24(44-4)14-27(46-18)47-20-5-9-33(2)22-6-10-34(3)21(19-13-26(38)45-17-19)8-12-36(34,43)23(22)7-11-35(33,42)15-20/h13,18,20-25,27-32,37,39-43H,5-12,14-17H2,1-4H3/t18?,20?,21?,22-,23+,24?,25?,27?,28?,29?,30?,31?,32?,33?,34?,35?,36?/m0/s1. The second kappa shape index (κ2) is 13.0. The predicted octanol–water partition coefficient (Wildman–Crippen LogP) is 1.08. The molecule has 3 heterocycles. The normalized spacial score (nSPS) is 54.4. The number of hydrogen-bond donors (Lipinski definition) is 6. The zero-order chi connectivity index (χ0) is 35.1. The van der Waals surface area contributed by atoms with Crippen LogP contribution in [0.3, 0.4) is 0 Å². The van der Waals surface area contributed by atoms with Gasteiger partial charge in [-0.15, -0.1) is 0 Å². The lowest BCUT2D eigenvalue weighted by molar-refractivity contribution is -0.347. The summed E-state index contributed by atoms with van der Waals surface area (Å²) in [7, 11) is 1.55. The summed E-state index contributed by atoms with van der Waals surface area (Å²) in [6.45, 7) is 5.98. The van der Waals surface area contributed by atoms with Gasteiger partial charge in [0, 0.05) is 31.4 Å². The summed E-state index contributed by atoms with van der Waals surface area (Å²) in [6, 6.07) is 0. The number of rotatable bonds is 7. The summed E-state index contributed by atoms with van der Waals surface area (Å²) >= 11 is 0. The van der Waals surface area contributed by atoms with Gasteiger partial charge in [-0.3, -0.25) is 0 Å². The average Bonchev–Trinajstić information content (AvgIpc) is 3.61. The second-order valence-corrected chi connectivity index (χ2v) is 16.6. The van der Waals surface area contributed by atoms with Gasteiger partial charge in [0.05, 0.1) is 36.1 Å². The van der Waals surface area contributed by atoms with Gasteiger partial charge >= 0.3 is 5.97 Å². The Kier molecular flexibility index (Phi) is 9.60. The van der Waals surface area contributed by atoms with Crippen LogP contribution in [0.4, 0.5) is 0 Å². The van der Waals surface area contributed by atoms with Crippen LogP contribution in [-0.4, -0.2) is 130 Å². The number of aliphatic hydroxyl groups excluding tert-OH is 4. The number of hydrogen-bond acceptors (Lipinski definition) is 13. The molecule has 7 rings (SSSR count). The Bertz CT molecular complexity index is 1280. The van der Waals surface area contributed by atoms with Crippen LogP contribution in [0.25, 0.3) is 0 Å². The number of aliphatic hydroxyl groups is 6. The summed E-state index contributed by atoms with van der Waals surface area (Å²) < 4.78 is 35.4. The van der Waals surface area contributed by atoms with Crippen molar-refractivity contribution in [3.8, 4) is 0 Å². The van der Waals surface area contributed by atoms with E-state index in [0.29, 0.717) is 32.3 Å². The molecule has 6 N–H and O–H groups in total. The van der Waals surface area contributed by atoms with Crippen LogP contribution in [0.5, 0.6) is 0 Å². The van der Waals surface area contributed by atoms with E-state index in [0.717, 1.165) is 44.1 Å². The van der Waals surface area contributed by atoms with Gasteiger partial charge in [-0.25, -0.2) is 4.79 Å². The Morgan fingerprint density at radius 2 is 1.63 bits per heavy atom. The molecule has 3 aliphatic heterocycles. The first kappa shape index (κ1) is 36.1. The van der Waals surface area contributed by atoms with E-state index in [2.05, 4.69) is 13.8 Å². The quantitative estimate of drug-likeness (QED) is 0.164. The first-order valence-corrected chi connectivity index (χ1v) is 18.3. The van der Waals surface area contributed by atoms with E-state index >= 15 is 0 Å². The lowest BCUT2D eigenvalue weighted by Gasteiger charge is -2.66. The summed E-state index contributed by atoms with van der Waals surface area (Å²) in [6.07, 6.45) is -1.10. The molecule has 278 valence electrons. The van der Waals surface area contributed by atoms with Crippen molar-refractivity contribution in [1.29, 1.82) is 0 Å². The van der Waals surface area contributed by atoms with E-state index in [4.69, 9.17) is 28.4 Å². The molecule has 0 bridgehead atoms. The van der Waals surface area contributed by atoms with E-state index in [1.54, 1.807) is 20.1 Å². The Morgan fingerprint density at radius 3 is 2.33 bits per heavy atom. The van der Waals surface area contributed by atoms with Crippen molar-refractivity contribution >= 4 is 5.97 Å². The fourth-order valence-corrected chi connectivity index (χ4v) is 11.5. The van der Waals surface area contributed by atoms with Gasteiger partial charge in [-0.05, 0) is 87.0 Å². The zero-order valence-electron chi connectivity index (χ0n) is 29.1. The predicted molar refractivity (Wildman–Crippen MR) is 170 cm³/mol. The van der Waals surface area contributed by atoms with Crippen LogP contribution >= 0.6 is 0 Å². The molecule has 13 nitrogen and oxygen atoms in total. The Balaban J connectivity index is 0.994. The number of esters is 1. The molecule has 0 radical (unpaired) electrons. The molecule has 7 aliphatic rings. The van der Waals surface area contributed by atoms with E-state index in [1.807, 2.05) is 0 Å². The summed E-state index contributed by atoms with van der Waals surface area (Å²) in [5.74, 6) is 0.0783. The highest BCUT2D eigenvalue weighted by atomic mass is 16.7. The number of carbonyl (C=O) groups excluding carboxylic acids is 1. The van der Waals surface area contributed by atoms with Gasteiger partial charge in [0.15, 0.2) is 12.6 Å². The third kappa shape index (κ3) is 5.65. The maximum atomic E-state index is 12.5. The van der Waals surface area contributed by atoms with Crippen LogP contribution in [0.1, 0.15) is 85.0 Å². The lowest BCUT2D eigenvalue weighted by atomic mass is 9.42. The van der Waals surface area contributed by atoms with E-state index in [-0.39, 0.29) is 40.7 Å². The highest BCUT2D eigenvalue weighted by molar-refractivity contribution is 5.85. The third-order valence-electron chi connectivity index (χ3n) is 14.5. The second-order valence-electron chi connectivity index (χ2n) is 16.6. The molecular formula is C36H56O13. The molecule has 0 spiro atoms. The molecule has 17 atom stereocenters. The number of methoxy groups -OCH3 is 1. The number of carbonyl (C=O) groups is 1. The molecule has 0 aromatic heterocycles. The molecule has 0 aromatic carbocycles. The highest BCUT2D eigenvalue weighted by Gasteiger charge is 2.70. The monoisotopic (exact) mass is 696 g/mol. The fraction of sp³-hybridized carbons (Fsp3) is 0.917. The van der Waals surface area contributed by atoms with Crippen molar-refractivity contribution < 1.29 is 63.9 Å². The molecule has 4 aliphatic carbocycles. The van der Waals surface area contributed by atoms with Crippen molar-refractivity contribution in [3.63, 3.8) is 0 Å². The SMILES string of the molecule is COC1CC(OC2CCC3(C)[C@H]4CCC5(C)C(C6=CC(=O)OC6)CCC5(O)[C@@H]4CCC3(O)C2)OC(C)C1OC1OC(CO)C(O)C(O)C1O. The van der Waals surface area contributed by atoms with E-state index in [1.165, 1.54) is 0 Å². The third-order valence-corrected chi connectivity index (χ3v) is 14.5. The largest absolute Gasteiger partial charge is 0.458 e. The maximum absolute atomic E-state index is 12.5. The Labute approximate surface area is 287 Å². The van der Waals surface area contributed by atoms with Crippen LogP contribution in [0, 0.1) is 28.6 Å². The van der Waals surface area contributed by atoms with Gasteiger partial charge in [0.1, 0.15) is 37.1 Å². The Morgan fingerprint density at radius 1 is 0.898 bits per heavy atom. The van der Waals surface area contributed by atoms with Crippen molar-refractivity contribution in [2.45, 2.75) is 158 Å². The number of ether oxygens (including phenoxy) is 6. The van der Waals surface area contributed by atoms with Gasteiger partial charge in [0.2, 0.25) is 0 Å². The van der Waals surface area contributed by atoms with Gasteiger partial charge in [0.25, 0.3) is 0 Å². The highest BCUT2D eigenvalue weighted by Crippen LogP contribution is 2.70. The van der Waals surface area contributed by atoms with Crippen molar-refractivity contribution in [2.75, 3.05) is 20.3 Å². The summed E-state index contributed by atoms with van der Waals surface area (Å²) in [5, 5.41) is 65.4. The van der Waals surface area contributed by atoms with Crippen molar-refractivity contribution in [2.24, 2.45) is 28.6 Å². The summed E-state index contributed by atoms with van der Waals surface area (Å²) in [4.78, 5) is 11.9. The molecule has 49 heavy (non-hydrogen) atoms. The minimum absolute atomic E-state index is 0.0724. The molecule has 4 saturated carbocycles. The number of fused-ring (bicyclic) bond motifs is 5. The zero-order valence-corrected chi connectivity index (χ0v) is 29.1. The van der Waals surface area contributed by atoms with Crippen LogP contribution in [0.2, 0.25) is 0 Å². The summed E-state index contributed by atoms with van der Waals surface area (Å²) in [5.41, 5.74) is -1.52.